The van der Waals surface area contributed by atoms with E-state index >= 15 is 0 Å². The number of hydrogen-bond donors (Lipinski definition) is 1. The number of thiazole rings is 1. The SMILES string of the molecule is CCCOc1ccc(Cl)cc1NC(C)c1csc(C)n1. The number of halogens is 1. The van der Waals surface area contributed by atoms with E-state index in [0.717, 1.165) is 28.6 Å². The van der Waals surface area contributed by atoms with Gasteiger partial charge in [-0.15, -0.1) is 11.3 Å². The summed E-state index contributed by atoms with van der Waals surface area (Å²) in [6.45, 7) is 6.87. The van der Waals surface area contributed by atoms with Gasteiger partial charge in [0.05, 0.1) is 29.0 Å². The number of aryl methyl sites for hydroxylation is 1. The van der Waals surface area contributed by atoms with Crippen molar-refractivity contribution in [2.45, 2.75) is 33.2 Å². The van der Waals surface area contributed by atoms with Crippen molar-refractivity contribution >= 4 is 28.6 Å². The molecule has 1 aromatic heterocycles. The summed E-state index contributed by atoms with van der Waals surface area (Å²) in [5.74, 6) is 0.829. The second kappa shape index (κ2) is 6.95. The van der Waals surface area contributed by atoms with E-state index in [1.54, 1.807) is 11.3 Å². The van der Waals surface area contributed by atoms with Crippen molar-refractivity contribution in [2.75, 3.05) is 11.9 Å². The van der Waals surface area contributed by atoms with Crippen molar-refractivity contribution < 1.29 is 4.74 Å². The lowest BCUT2D eigenvalue weighted by molar-refractivity contribution is 0.318. The van der Waals surface area contributed by atoms with Crippen LogP contribution < -0.4 is 10.1 Å². The van der Waals surface area contributed by atoms with Crippen molar-refractivity contribution in [3.05, 3.63) is 39.3 Å². The topological polar surface area (TPSA) is 34.1 Å². The lowest BCUT2D eigenvalue weighted by atomic mass is 10.2. The molecular weight excluding hydrogens is 292 g/mol. The van der Waals surface area contributed by atoms with Gasteiger partial charge in [0.25, 0.3) is 0 Å². The van der Waals surface area contributed by atoms with Crippen LogP contribution in [0, 0.1) is 6.92 Å². The van der Waals surface area contributed by atoms with Gasteiger partial charge in [-0.25, -0.2) is 4.98 Å². The van der Waals surface area contributed by atoms with E-state index in [1.807, 2.05) is 25.1 Å². The van der Waals surface area contributed by atoms with Crippen LogP contribution in [0.4, 0.5) is 5.69 Å². The van der Waals surface area contributed by atoms with E-state index in [-0.39, 0.29) is 6.04 Å². The van der Waals surface area contributed by atoms with Gasteiger partial charge < -0.3 is 10.1 Å². The Morgan fingerprint density at radius 2 is 2.25 bits per heavy atom. The quantitative estimate of drug-likeness (QED) is 0.809. The third-order valence-corrected chi connectivity index (χ3v) is 3.88. The number of anilines is 1. The van der Waals surface area contributed by atoms with Crippen LogP contribution in [0.5, 0.6) is 5.75 Å². The number of nitrogens with one attached hydrogen (secondary N) is 1. The molecule has 0 radical (unpaired) electrons. The zero-order chi connectivity index (χ0) is 14.5. The van der Waals surface area contributed by atoms with Gasteiger partial charge in [0.2, 0.25) is 0 Å². The van der Waals surface area contributed by atoms with Crippen LogP contribution in [-0.4, -0.2) is 11.6 Å². The Morgan fingerprint density at radius 3 is 2.90 bits per heavy atom. The molecule has 0 saturated carbocycles. The molecule has 0 fully saturated rings. The van der Waals surface area contributed by atoms with Gasteiger partial charge in [-0.05, 0) is 38.5 Å². The largest absolute Gasteiger partial charge is 0.491 e. The molecule has 1 N–H and O–H groups in total. The summed E-state index contributed by atoms with van der Waals surface area (Å²) in [5.41, 5.74) is 1.94. The number of nitrogens with zero attached hydrogens (tertiary/aromatic N) is 1. The highest BCUT2D eigenvalue weighted by Crippen LogP contribution is 2.31. The lowest BCUT2D eigenvalue weighted by Crippen LogP contribution is -2.09. The van der Waals surface area contributed by atoms with E-state index in [2.05, 4.69) is 29.5 Å². The average Bonchev–Trinajstić information content (AvgIpc) is 2.85. The van der Waals surface area contributed by atoms with Gasteiger partial charge in [-0.1, -0.05) is 18.5 Å². The summed E-state index contributed by atoms with van der Waals surface area (Å²) >= 11 is 7.73. The Bertz CT molecular complexity index is 571. The summed E-state index contributed by atoms with van der Waals surface area (Å²) in [6.07, 6.45) is 0.975. The van der Waals surface area contributed by atoms with Crippen LogP contribution in [0.25, 0.3) is 0 Å². The van der Waals surface area contributed by atoms with Gasteiger partial charge in [0.15, 0.2) is 0 Å². The van der Waals surface area contributed by atoms with Crippen LogP contribution in [-0.2, 0) is 0 Å². The Labute approximate surface area is 129 Å². The third-order valence-electron chi connectivity index (χ3n) is 2.86. The first kappa shape index (κ1) is 15.1. The summed E-state index contributed by atoms with van der Waals surface area (Å²) in [4.78, 5) is 4.50. The minimum absolute atomic E-state index is 0.113. The van der Waals surface area contributed by atoms with Crippen molar-refractivity contribution in [2.24, 2.45) is 0 Å². The fourth-order valence-corrected chi connectivity index (χ4v) is 2.72. The van der Waals surface area contributed by atoms with Crippen LogP contribution >= 0.6 is 22.9 Å². The highest BCUT2D eigenvalue weighted by atomic mass is 35.5. The highest BCUT2D eigenvalue weighted by molar-refractivity contribution is 7.09. The molecule has 1 unspecified atom stereocenters. The minimum atomic E-state index is 0.113. The average molecular weight is 311 g/mol. The molecular formula is C15H19ClN2OS. The maximum absolute atomic E-state index is 6.08. The molecule has 0 saturated heterocycles. The van der Waals surface area contributed by atoms with Gasteiger partial charge in [0.1, 0.15) is 5.75 Å². The Hall–Kier alpha value is -1.26. The van der Waals surface area contributed by atoms with Crippen LogP contribution in [0.1, 0.15) is 37.0 Å². The molecule has 20 heavy (non-hydrogen) atoms. The lowest BCUT2D eigenvalue weighted by Gasteiger charge is -2.17. The fourth-order valence-electron chi connectivity index (χ4n) is 1.84. The third kappa shape index (κ3) is 3.87. The van der Waals surface area contributed by atoms with Crippen LogP contribution in [0.15, 0.2) is 23.6 Å². The maximum Gasteiger partial charge on any atom is 0.142 e. The molecule has 0 amide bonds. The van der Waals surface area contributed by atoms with Gasteiger partial charge in [-0.3, -0.25) is 0 Å². The number of hydrogen-bond acceptors (Lipinski definition) is 4. The van der Waals surface area contributed by atoms with Gasteiger partial charge in [-0.2, -0.15) is 0 Å². The predicted octanol–water partition coefficient (Wildman–Crippen LogP) is 5.07. The minimum Gasteiger partial charge on any atom is -0.491 e. The zero-order valence-electron chi connectivity index (χ0n) is 11.9. The fraction of sp³-hybridized carbons (Fsp3) is 0.400. The van der Waals surface area contributed by atoms with Crippen LogP contribution in [0.3, 0.4) is 0 Å². The molecule has 0 aliphatic carbocycles. The van der Waals surface area contributed by atoms with Crippen molar-refractivity contribution in [1.82, 2.24) is 4.98 Å². The molecule has 3 nitrogen and oxygen atoms in total. The number of benzene rings is 1. The first-order valence-electron chi connectivity index (χ1n) is 6.71. The highest BCUT2D eigenvalue weighted by Gasteiger charge is 2.12. The van der Waals surface area contributed by atoms with Gasteiger partial charge in [0, 0.05) is 10.4 Å². The molecule has 1 atom stereocenters. The van der Waals surface area contributed by atoms with Crippen LogP contribution in [0.2, 0.25) is 5.02 Å². The van der Waals surface area contributed by atoms with E-state index in [1.165, 1.54) is 0 Å². The molecule has 0 aliphatic heterocycles. The Balaban J connectivity index is 2.16. The summed E-state index contributed by atoms with van der Waals surface area (Å²) < 4.78 is 5.74. The molecule has 1 heterocycles. The van der Waals surface area contributed by atoms with Crippen molar-refractivity contribution in [3.8, 4) is 5.75 Å². The van der Waals surface area contributed by atoms with E-state index in [9.17, 15) is 0 Å². The second-order valence-electron chi connectivity index (χ2n) is 4.65. The molecule has 0 aliphatic rings. The van der Waals surface area contributed by atoms with Crippen molar-refractivity contribution in [1.29, 1.82) is 0 Å². The summed E-state index contributed by atoms with van der Waals surface area (Å²) in [5, 5.41) is 7.26. The first-order valence-corrected chi connectivity index (χ1v) is 7.96. The molecule has 108 valence electrons. The van der Waals surface area contributed by atoms with E-state index < -0.39 is 0 Å². The second-order valence-corrected chi connectivity index (χ2v) is 6.15. The monoisotopic (exact) mass is 310 g/mol. The molecule has 1 aromatic carbocycles. The predicted molar refractivity (Wildman–Crippen MR) is 86.1 cm³/mol. The number of aromatic nitrogens is 1. The number of ether oxygens (including phenoxy) is 1. The number of rotatable bonds is 6. The summed E-state index contributed by atoms with van der Waals surface area (Å²) in [6, 6.07) is 5.75. The Kier molecular flexibility index (Phi) is 5.26. The van der Waals surface area contributed by atoms with E-state index in [0.29, 0.717) is 11.6 Å². The standard InChI is InChI=1S/C15H19ClN2OS/c1-4-7-19-15-6-5-12(16)8-13(15)17-10(2)14-9-20-11(3)18-14/h5-6,8-10,17H,4,7H2,1-3H3. The molecule has 2 rings (SSSR count). The smallest absolute Gasteiger partial charge is 0.142 e. The van der Waals surface area contributed by atoms with E-state index in [4.69, 9.17) is 16.3 Å². The zero-order valence-corrected chi connectivity index (χ0v) is 13.5. The Morgan fingerprint density at radius 1 is 1.45 bits per heavy atom. The normalized spacial score (nSPS) is 12.2. The molecule has 2 aromatic rings. The first-order chi connectivity index (χ1) is 9.60. The molecule has 5 heteroatoms. The molecule has 0 bridgehead atoms. The summed E-state index contributed by atoms with van der Waals surface area (Å²) in [7, 11) is 0. The van der Waals surface area contributed by atoms with Crippen molar-refractivity contribution in [3.63, 3.8) is 0 Å². The van der Waals surface area contributed by atoms with Gasteiger partial charge >= 0.3 is 0 Å². The maximum atomic E-state index is 6.08. The molecule has 0 spiro atoms.